The minimum Gasteiger partial charge on any atom is -0.493 e. The van der Waals surface area contributed by atoms with Crippen LogP contribution in [-0.2, 0) is 11.4 Å². The van der Waals surface area contributed by atoms with Gasteiger partial charge in [-0.15, -0.1) is 0 Å². The Bertz CT molecular complexity index is 1160. The van der Waals surface area contributed by atoms with Crippen LogP contribution in [-0.4, -0.2) is 18.9 Å². The van der Waals surface area contributed by atoms with Crippen molar-refractivity contribution in [1.29, 1.82) is 0 Å². The molecule has 2 N–H and O–H groups in total. The van der Waals surface area contributed by atoms with Gasteiger partial charge < -0.3 is 20.1 Å². The Morgan fingerprint density at radius 3 is 2.42 bits per heavy atom. The van der Waals surface area contributed by atoms with E-state index in [0.29, 0.717) is 33.5 Å². The van der Waals surface area contributed by atoms with E-state index >= 15 is 0 Å². The third-order valence-electron chi connectivity index (χ3n) is 5.04. The maximum atomic E-state index is 12.9. The average Bonchev–Trinajstić information content (AvgIpc) is 2.80. The van der Waals surface area contributed by atoms with Crippen molar-refractivity contribution in [1.82, 2.24) is 0 Å². The highest BCUT2D eigenvalue weighted by atomic mass is 35.5. The van der Waals surface area contributed by atoms with Crippen LogP contribution in [0.4, 0.5) is 11.4 Å². The van der Waals surface area contributed by atoms with E-state index in [-0.39, 0.29) is 24.3 Å². The fourth-order valence-electron chi connectivity index (χ4n) is 3.01. The minimum absolute atomic E-state index is 0.0896. The molecule has 0 aliphatic rings. The summed E-state index contributed by atoms with van der Waals surface area (Å²) in [4.78, 5) is 24.9. The van der Waals surface area contributed by atoms with E-state index in [1.165, 1.54) is 7.11 Å². The van der Waals surface area contributed by atoms with E-state index in [0.717, 1.165) is 11.1 Å². The van der Waals surface area contributed by atoms with Crippen LogP contribution >= 0.6 is 11.6 Å². The summed E-state index contributed by atoms with van der Waals surface area (Å²) in [5.41, 5.74) is 3.36. The molecule has 0 bridgehead atoms. The van der Waals surface area contributed by atoms with Gasteiger partial charge in [-0.2, -0.15) is 0 Å². The molecule has 3 rings (SSSR count). The van der Waals surface area contributed by atoms with Crippen molar-refractivity contribution in [2.75, 3.05) is 17.7 Å². The largest absolute Gasteiger partial charge is 0.493 e. The number of rotatable bonds is 8. The maximum absolute atomic E-state index is 12.9. The SMILES string of the molecule is COc1cc(C(=O)Nc2cc(NC(=O)C(C)C)ccc2C)ccc1OCc1ccccc1Cl. The molecule has 3 aromatic rings. The summed E-state index contributed by atoms with van der Waals surface area (Å²) in [6.45, 7) is 5.80. The van der Waals surface area contributed by atoms with Gasteiger partial charge in [-0.25, -0.2) is 0 Å². The second kappa shape index (κ2) is 10.9. The summed E-state index contributed by atoms with van der Waals surface area (Å²) in [6, 6.07) is 17.8. The summed E-state index contributed by atoms with van der Waals surface area (Å²) in [6.07, 6.45) is 0. The van der Waals surface area contributed by atoms with Crippen molar-refractivity contribution >= 4 is 34.8 Å². The van der Waals surface area contributed by atoms with Crippen LogP contribution in [0.5, 0.6) is 11.5 Å². The third kappa shape index (κ3) is 6.26. The lowest BCUT2D eigenvalue weighted by Crippen LogP contribution is -2.18. The lowest BCUT2D eigenvalue weighted by atomic mass is 10.1. The molecule has 0 saturated carbocycles. The Hall–Kier alpha value is -3.51. The molecule has 7 heteroatoms. The molecule has 0 aromatic heterocycles. The van der Waals surface area contributed by atoms with Crippen LogP contribution in [0, 0.1) is 12.8 Å². The first-order valence-corrected chi connectivity index (χ1v) is 10.9. The molecule has 172 valence electrons. The molecule has 0 aliphatic heterocycles. The molecule has 0 unspecified atom stereocenters. The fraction of sp³-hybridized carbons (Fsp3) is 0.231. The summed E-state index contributed by atoms with van der Waals surface area (Å²) in [5, 5.41) is 6.36. The lowest BCUT2D eigenvalue weighted by Gasteiger charge is -2.14. The van der Waals surface area contributed by atoms with Gasteiger partial charge in [-0.3, -0.25) is 9.59 Å². The van der Waals surface area contributed by atoms with Crippen molar-refractivity contribution in [3.63, 3.8) is 0 Å². The zero-order valence-electron chi connectivity index (χ0n) is 19.1. The van der Waals surface area contributed by atoms with E-state index in [9.17, 15) is 9.59 Å². The second-order valence-electron chi connectivity index (χ2n) is 7.87. The predicted molar refractivity (Wildman–Crippen MR) is 131 cm³/mol. The zero-order valence-corrected chi connectivity index (χ0v) is 19.8. The van der Waals surface area contributed by atoms with Gasteiger partial charge in [0.05, 0.1) is 7.11 Å². The number of benzene rings is 3. The van der Waals surface area contributed by atoms with Crippen LogP contribution in [0.3, 0.4) is 0 Å². The minimum atomic E-state index is -0.304. The molecule has 0 atom stereocenters. The normalized spacial score (nSPS) is 10.6. The number of ether oxygens (including phenoxy) is 2. The molecular formula is C26H27ClN2O4. The number of methoxy groups -OCH3 is 1. The topological polar surface area (TPSA) is 76.7 Å². The van der Waals surface area contributed by atoms with Crippen LogP contribution < -0.4 is 20.1 Å². The predicted octanol–water partition coefficient (Wildman–Crippen LogP) is 6.08. The quantitative estimate of drug-likeness (QED) is 0.421. The van der Waals surface area contributed by atoms with Crippen LogP contribution in [0.15, 0.2) is 60.7 Å². The Balaban J connectivity index is 1.74. The van der Waals surface area contributed by atoms with Crippen molar-refractivity contribution in [3.8, 4) is 11.5 Å². The summed E-state index contributed by atoms with van der Waals surface area (Å²) < 4.78 is 11.3. The van der Waals surface area contributed by atoms with Gasteiger partial charge >= 0.3 is 0 Å². The van der Waals surface area contributed by atoms with E-state index in [4.69, 9.17) is 21.1 Å². The Morgan fingerprint density at radius 2 is 1.73 bits per heavy atom. The van der Waals surface area contributed by atoms with Gasteiger partial charge in [0.25, 0.3) is 5.91 Å². The highest BCUT2D eigenvalue weighted by molar-refractivity contribution is 6.31. The number of carbonyl (C=O) groups is 2. The van der Waals surface area contributed by atoms with Crippen LogP contribution in [0.1, 0.15) is 35.3 Å². The zero-order chi connectivity index (χ0) is 24.0. The second-order valence-corrected chi connectivity index (χ2v) is 8.28. The van der Waals surface area contributed by atoms with Crippen LogP contribution in [0.25, 0.3) is 0 Å². The number of amides is 2. The molecule has 2 amide bonds. The van der Waals surface area contributed by atoms with Crippen LogP contribution in [0.2, 0.25) is 5.02 Å². The van der Waals surface area contributed by atoms with Crippen molar-refractivity contribution in [3.05, 3.63) is 82.4 Å². The number of carbonyl (C=O) groups excluding carboxylic acids is 2. The van der Waals surface area contributed by atoms with Gasteiger partial charge in [0.15, 0.2) is 11.5 Å². The molecule has 0 heterocycles. The first-order valence-electron chi connectivity index (χ1n) is 10.6. The average molecular weight is 467 g/mol. The molecule has 0 fully saturated rings. The number of aryl methyl sites for hydroxylation is 1. The highest BCUT2D eigenvalue weighted by Crippen LogP contribution is 2.30. The maximum Gasteiger partial charge on any atom is 0.255 e. The number of hydrogen-bond acceptors (Lipinski definition) is 4. The monoisotopic (exact) mass is 466 g/mol. The molecule has 6 nitrogen and oxygen atoms in total. The third-order valence-corrected chi connectivity index (χ3v) is 5.41. The highest BCUT2D eigenvalue weighted by Gasteiger charge is 2.14. The molecule has 0 spiro atoms. The summed E-state index contributed by atoms with van der Waals surface area (Å²) in [5.74, 6) is 0.401. The van der Waals surface area contributed by atoms with E-state index in [1.807, 2.05) is 45.0 Å². The molecule has 3 aromatic carbocycles. The summed E-state index contributed by atoms with van der Waals surface area (Å²) >= 11 is 6.19. The first kappa shape index (κ1) is 24.1. The van der Waals surface area contributed by atoms with E-state index in [2.05, 4.69) is 10.6 Å². The van der Waals surface area contributed by atoms with E-state index < -0.39 is 0 Å². The fourth-order valence-corrected chi connectivity index (χ4v) is 3.20. The Morgan fingerprint density at radius 1 is 0.970 bits per heavy atom. The van der Waals surface area contributed by atoms with Crippen molar-refractivity contribution in [2.24, 2.45) is 5.92 Å². The lowest BCUT2D eigenvalue weighted by molar-refractivity contribution is -0.118. The molecule has 33 heavy (non-hydrogen) atoms. The molecule has 0 radical (unpaired) electrons. The van der Waals surface area contributed by atoms with Crippen molar-refractivity contribution in [2.45, 2.75) is 27.4 Å². The summed E-state index contributed by atoms with van der Waals surface area (Å²) in [7, 11) is 1.52. The van der Waals surface area contributed by atoms with Gasteiger partial charge in [0.2, 0.25) is 5.91 Å². The number of halogens is 1. The number of nitrogens with one attached hydrogen (secondary N) is 2. The van der Waals surface area contributed by atoms with Gasteiger partial charge in [0, 0.05) is 33.4 Å². The number of anilines is 2. The molecule has 0 aliphatic carbocycles. The standard InChI is InChI=1S/C26H27ClN2O4/c1-16(2)25(30)28-20-11-9-17(3)22(14-20)29-26(31)18-10-12-23(24(13-18)32-4)33-15-19-7-5-6-8-21(19)27/h5-14,16H,15H2,1-4H3,(H,28,30)(H,29,31). The first-order chi connectivity index (χ1) is 15.8. The molecular weight excluding hydrogens is 440 g/mol. The van der Waals surface area contributed by atoms with Gasteiger partial charge in [-0.05, 0) is 48.9 Å². The van der Waals surface area contributed by atoms with E-state index in [1.54, 1.807) is 36.4 Å². The Kier molecular flexibility index (Phi) is 7.96. The smallest absolute Gasteiger partial charge is 0.255 e. The number of hydrogen-bond donors (Lipinski definition) is 2. The Labute approximate surface area is 198 Å². The van der Waals surface area contributed by atoms with Gasteiger partial charge in [0.1, 0.15) is 6.61 Å². The van der Waals surface area contributed by atoms with Gasteiger partial charge in [-0.1, -0.05) is 49.7 Å². The van der Waals surface area contributed by atoms with Crippen molar-refractivity contribution < 1.29 is 19.1 Å². The molecule has 0 saturated heterocycles.